The zero-order valence-electron chi connectivity index (χ0n) is 11.3. The van der Waals surface area contributed by atoms with Crippen LogP contribution in [0.1, 0.15) is 6.92 Å². The molecule has 3 rings (SSSR count). The number of likely N-dealkylation sites (N-methyl/N-ethyl adjacent to an activating group) is 1. The Morgan fingerprint density at radius 3 is 2.50 bits per heavy atom. The molecule has 2 aromatic heterocycles. The summed E-state index contributed by atoms with van der Waals surface area (Å²) in [6.45, 7) is 7.08. The second-order valence-corrected chi connectivity index (χ2v) is 4.93. The van der Waals surface area contributed by atoms with Gasteiger partial charge in [0.25, 0.3) is 0 Å². The average Bonchev–Trinajstić information content (AvgIpc) is 3.01. The van der Waals surface area contributed by atoms with Gasteiger partial charge < -0.3 is 9.80 Å². The summed E-state index contributed by atoms with van der Waals surface area (Å²) in [7, 11) is 0. The van der Waals surface area contributed by atoms with Gasteiger partial charge in [0.05, 0.1) is 0 Å². The molecule has 0 amide bonds. The highest BCUT2D eigenvalue weighted by Crippen LogP contribution is 2.15. The van der Waals surface area contributed by atoms with Gasteiger partial charge in [-0.05, 0) is 18.1 Å². The molecule has 1 aliphatic rings. The van der Waals surface area contributed by atoms with Gasteiger partial charge >= 0.3 is 0 Å². The van der Waals surface area contributed by atoms with Gasteiger partial charge in [-0.3, -0.25) is 4.57 Å². The van der Waals surface area contributed by atoms with Crippen molar-refractivity contribution >= 4 is 17.5 Å². The largest absolute Gasteiger partial charge is 0.338 e. The SMILES string of the molecule is CCN1CCN(c2nc(Cl)nc(-n3ccnc3)n2)CC1. The Labute approximate surface area is 122 Å². The molecule has 0 radical (unpaired) electrons. The molecule has 0 bridgehead atoms. The van der Waals surface area contributed by atoms with Gasteiger partial charge in [0.1, 0.15) is 6.33 Å². The fourth-order valence-corrected chi connectivity index (χ4v) is 2.38. The second-order valence-electron chi connectivity index (χ2n) is 4.60. The molecule has 8 heteroatoms. The normalized spacial score (nSPS) is 16.6. The van der Waals surface area contributed by atoms with Gasteiger partial charge in [-0.25, -0.2) is 4.98 Å². The van der Waals surface area contributed by atoms with Gasteiger partial charge in [-0.15, -0.1) is 0 Å². The zero-order valence-corrected chi connectivity index (χ0v) is 12.0. The molecule has 0 aromatic carbocycles. The van der Waals surface area contributed by atoms with Crippen LogP contribution in [0, 0.1) is 0 Å². The number of imidazole rings is 1. The van der Waals surface area contributed by atoms with Crippen molar-refractivity contribution in [1.29, 1.82) is 0 Å². The third kappa shape index (κ3) is 2.73. The molecule has 0 unspecified atom stereocenters. The minimum absolute atomic E-state index is 0.205. The Morgan fingerprint density at radius 2 is 1.85 bits per heavy atom. The molecular weight excluding hydrogens is 278 g/mol. The Kier molecular flexibility index (Phi) is 3.79. The maximum absolute atomic E-state index is 6.01. The number of anilines is 1. The lowest BCUT2D eigenvalue weighted by atomic mass is 10.3. The van der Waals surface area contributed by atoms with E-state index in [0.717, 1.165) is 32.7 Å². The topological polar surface area (TPSA) is 63.0 Å². The smallest absolute Gasteiger partial charge is 0.241 e. The van der Waals surface area contributed by atoms with E-state index in [1.807, 2.05) is 0 Å². The van der Waals surface area contributed by atoms with Crippen LogP contribution < -0.4 is 4.90 Å². The number of rotatable bonds is 3. The monoisotopic (exact) mass is 293 g/mol. The van der Waals surface area contributed by atoms with E-state index in [2.05, 4.69) is 36.7 Å². The molecule has 3 heterocycles. The molecule has 1 fully saturated rings. The molecule has 2 aromatic rings. The first-order valence-corrected chi connectivity index (χ1v) is 7.01. The Balaban J connectivity index is 1.83. The maximum Gasteiger partial charge on any atom is 0.241 e. The van der Waals surface area contributed by atoms with Gasteiger partial charge in [0, 0.05) is 38.6 Å². The number of hydrogen-bond donors (Lipinski definition) is 0. The molecular formula is C12H16ClN7. The van der Waals surface area contributed by atoms with Crippen LogP contribution in [0.25, 0.3) is 5.95 Å². The van der Waals surface area contributed by atoms with Gasteiger partial charge in [-0.2, -0.15) is 15.0 Å². The van der Waals surface area contributed by atoms with E-state index in [-0.39, 0.29) is 5.28 Å². The fraction of sp³-hybridized carbons (Fsp3) is 0.500. The van der Waals surface area contributed by atoms with Crippen molar-refractivity contribution in [2.24, 2.45) is 0 Å². The van der Waals surface area contributed by atoms with Crippen molar-refractivity contribution in [1.82, 2.24) is 29.4 Å². The van der Waals surface area contributed by atoms with Crippen molar-refractivity contribution < 1.29 is 0 Å². The molecule has 0 N–H and O–H groups in total. The van der Waals surface area contributed by atoms with Crippen LogP contribution in [-0.2, 0) is 0 Å². The number of aromatic nitrogens is 5. The summed E-state index contributed by atoms with van der Waals surface area (Å²) in [5.74, 6) is 1.12. The Bertz CT molecular complexity index is 563. The molecule has 7 nitrogen and oxygen atoms in total. The molecule has 1 saturated heterocycles. The number of nitrogens with zero attached hydrogens (tertiary/aromatic N) is 7. The highest BCUT2D eigenvalue weighted by atomic mass is 35.5. The summed E-state index contributed by atoms with van der Waals surface area (Å²) in [5, 5.41) is 0.205. The minimum atomic E-state index is 0.205. The molecule has 0 aliphatic carbocycles. The average molecular weight is 294 g/mol. The third-order valence-corrected chi connectivity index (χ3v) is 3.59. The van der Waals surface area contributed by atoms with E-state index in [4.69, 9.17) is 11.6 Å². The molecule has 20 heavy (non-hydrogen) atoms. The van der Waals surface area contributed by atoms with Crippen molar-refractivity contribution in [3.8, 4) is 5.95 Å². The lowest BCUT2D eigenvalue weighted by molar-refractivity contribution is 0.270. The summed E-state index contributed by atoms with van der Waals surface area (Å²) in [6, 6.07) is 0. The molecule has 1 aliphatic heterocycles. The Morgan fingerprint density at radius 1 is 1.10 bits per heavy atom. The van der Waals surface area contributed by atoms with Crippen LogP contribution in [0.3, 0.4) is 0 Å². The van der Waals surface area contributed by atoms with E-state index < -0.39 is 0 Å². The summed E-state index contributed by atoms with van der Waals surface area (Å²) in [5.41, 5.74) is 0. The van der Waals surface area contributed by atoms with E-state index in [1.54, 1.807) is 23.3 Å². The number of piperazine rings is 1. The van der Waals surface area contributed by atoms with Crippen LogP contribution in [-0.4, -0.2) is 62.1 Å². The predicted molar refractivity (Wildman–Crippen MR) is 76.3 cm³/mol. The number of hydrogen-bond acceptors (Lipinski definition) is 6. The number of halogens is 1. The van der Waals surface area contributed by atoms with Crippen molar-refractivity contribution in [2.45, 2.75) is 6.92 Å². The predicted octanol–water partition coefficient (Wildman–Crippen LogP) is 0.853. The molecule has 0 saturated carbocycles. The van der Waals surface area contributed by atoms with Crippen LogP contribution in [0.15, 0.2) is 18.7 Å². The highest BCUT2D eigenvalue weighted by Gasteiger charge is 2.19. The summed E-state index contributed by atoms with van der Waals surface area (Å²) in [6.07, 6.45) is 5.10. The van der Waals surface area contributed by atoms with Gasteiger partial charge in [-0.1, -0.05) is 6.92 Å². The summed E-state index contributed by atoms with van der Waals surface area (Å²) < 4.78 is 1.72. The third-order valence-electron chi connectivity index (χ3n) is 3.42. The van der Waals surface area contributed by atoms with E-state index in [9.17, 15) is 0 Å². The first kappa shape index (κ1) is 13.3. The quantitative estimate of drug-likeness (QED) is 0.836. The van der Waals surface area contributed by atoms with Crippen LogP contribution in [0.5, 0.6) is 0 Å². The zero-order chi connectivity index (χ0) is 13.9. The maximum atomic E-state index is 6.01. The van der Waals surface area contributed by atoms with Gasteiger partial charge in [0.2, 0.25) is 17.2 Å². The van der Waals surface area contributed by atoms with E-state index in [0.29, 0.717) is 11.9 Å². The van der Waals surface area contributed by atoms with Crippen LogP contribution in [0.2, 0.25) is 5.28 Å². The minimum Gasteiger partial charge on any atom is -0.338 e. The fourth-order valence-electron chi connectivity index (χ4n) is 2.23. The van der Waals surface area contributed by atoms with Crippen molar-refractivity contribution in [2.75, 3.05) is 37.6 Å². The van der Waals surface area contributed by atoms with Crippen LogP contribution in [0.4, 0.5) is 5.95 Å². The first-order valence-electron chi connectivity index (χ1n) is 6.63. The van der Waals surface area contributed by atoms with Crippen molar-refractivity contribution in [3.63, 3.8) is 0 Å². The van der Waals surface area contributed by atoms with Gasteiger partial charge in [0.15, 0.2) is 0 Å². The highest BCUT2D eigenvalue weighted by molar-refractivity contribution is 6.28. The lowest BCUT2D eigenvalue weighted by Gasteiger charge is -2.33. The standard InChI is InChI=1S/C12H16ClN7/c1-2-18-5-7-19(8-6-18)11-15-10(13)16-12(17-11)20-4-3-14-9-20/h3-4,9H,2,5-8H2,1H3. The van der Waals surface area contributed by atoms with Crippen LogP contribution >= 0.6 is 11.6 Å². The second kappa shape index (κ2) is 5.72. The summed E-state index contributed by atoms with van der Waals surface area (Å²) >= 11 is 6.01. The van der Waals surface area contributed by atoms with Crippen molar-refractivity contribution in [3.05, 3.63) is 24.0 Å². The summed E-state index contributed by atoms with van der Waals surface area (Å²) in [4.78, 5) is 21.4. The Hall–Kier alpha value is -1.73. The molecule has 106 valence electrons. The molecule has 0 atom stereocenters. The lowest BCUT2D eigenvalue weighted by Crippen LogP contribution is -2.46. The molecule has 0 spiro atoms. The van der Waals surface area contributed by atoms with E-state index >= 15 is 0 Å². The first-order chi connectivity index (χ1) is 9.76. The van der Waals surface area contributed by atoms with E-state index in [1.165, 1.54) is 0 Å².